The molecular formula is C22H17N7O2. The maximum absolute atomic E-state index is 12.2. The van der Waals surface area contributed by atoms with Gasteiger partial charge in [-0.05, 0) is 44.0 Å². The molecule has 0 bridgehead atoms. The molecule has 9 heteroatoms. The molecule has 9 nitrogen and oxygen atoms in total. The van der Waals surface area contributed by atoms with Gasteiger partial charge >= 0.3 is 0 Å². The lowest BCUT2D eigenvalue weighted by Crippen LogP contribution is -2.14. The van der Waals surface area contributed by atoms with E-state index in [-0.39, 0.29) is 11.8 Å². The molecule has 0 radical (unpaired) electrons. The Hall–Kier alpha value is -4.14. The van der Waals surface area contributed by atoms with Crippen LogP contribution in [0.1, 0.15) is 18.5 Å². The molecule has 4 heterocycles. The van der Waals surface area contributed by atoms with Crippen molar-refractivity contribution in [2.75, 3.05) is 5.32 Å². The van der Waals surface area contributed by atoms with Gasteiger partial charge in [-0.1, -0.05) is 0 Å². The smallest absolute Gasteiger partial charge is 0.229 e. The summed E-state index contributed by atoms with van der Waals surface area (Å²) in [4.78, 5) is 29.9. The van der Waals surface area contributed by atoms with Crippen molar-refractivity contribution in [2.24, 2.45) is 5.92 Å². The number of fused-ring (bicyclic) bond motifs is 2. The largest absolute Gasteiger partial charge is 0.436 e. The van der Waals surface area contributed by atoms with Crippen LogP contribution in [-0.2, 0) is 4.79 Å². The van der Waals surface area contributed by atoms with E-state index in [9.17, 15) is 4.79 Å². The summed E-state index contributed by atoms with van der Waals surface area (Å²) in [7, 11) is 0. The van der Waals surface area contributed by atoms with Crippen LogP contribution >= 0.6 is 0 Å². The average Bonchev–Trinajstić information content (AvgIpc) is 3.32. The minimum absolute atomic E-state index is 0.0148. The van der Waals surface area contributed by atoms with Crippen molar-refractivity contribution in [3.8, 4) is 22.8 Å². The number of anilines is 1. The zero-order valence-corrected chi connectivity index (χ0v) is 16.6. The minimum atomic E-state index is 0.0148. The molecule has 1 amide bonds. The molecule has 0 saturated heterocycles. The fourth-order valence-electron chi connectivity index (χ4n) is 3.61. The predicted octanol–water partition coefficient (Wildman–Crippen LogP) is 3.88. The first-order valence-corrected chi connectivity index (χ1v) is 9.98. The first-order chi connectivity index (χ1) is 15.2. The van der Waals surface area contributed by atoms with Crippen LogP contribution in [0.5, 0.6) is 0 Å². The van der Waals surface area contributed by atoms with E-state index in [2.05, 4.69) is 35.5 Å². The summed E-state index contributed by atoms with van der Waals surface area (Å²) in [6, 6.07) is 7.51. The SMILES string of the molecule is Cc1ncc(-c2nc3cc(-c4ncn[nH]4)ccc3o2)c2cc(NC(=O)C3CC3)ncc12. The molecule has 5 aromatic rings. The normalized spacial score (nSPS) is 13.7. The fourth-order valence-corrected chi connectivity index (χ4v) is 3.61. The van der Waals surface area contributed by atoms with Gasteiger partial charge in [0.05, 0.1) is 5.56 Å². The average molecular weight is 411 g/mol. The Morgan fingerprint density at radius 1 is 1.13 bits per heavy atom. The lowest BCUT2D eigenvalue weighted by atomic mass is 10.1. The minimum Gasteiger partial charge on any atom is -0.436 e. The Balaban J connectivity index is 1.45. The van der Waals surface area contributed by atoms with Gasteiger partial charge in [0.15, 0.2) is 11.4 Å². The highest BCUT2D eigenvalue weighted by Crippen LogP contribution is 2.34. The Morgan fingerprint density at radius 3 is 2.84 bits per heavy atom. The third-order valence-electron chi connectivity index (χ3n) is 5.48. The Bertz CT molecular complexity index is 1450. The van der Waals surface area contributed by atoms with Crippen LogP contribution in [0.15, 0.2) is 47.4 Å². The number of nitrogens with one attached hydrogen (secondary N) is 2. The van der Waals surface area contributed by atoms with Gasteiger partial charge in [0.2, 0.25) is 11.8 Å². The van der Waals surface area contributed by atoms with Crippen LogP contribution in [0, 0.1) is 12.8 Å². The molecule has 152 valence electrons. The highest BCUT2D eigenvalue weighted by molar-refractivity contribution is 6.00. The third kappa shape index (κ3) is 3.10. The molecule has 6 rings (SSSR count). The third-order valence-corrected chi connectivity index (χ3v) is 5.48. The number of aryl methyl sites for hydroxylation is 1. The van der Waals surface area contributed by atoms with E-state index >= 15 is 0 Å². The molecule has 0 atom stereocenters. The first kappa shape index (κ1) is 17.7. The van der Waals surface area contributed by atoms with Crippen molar-refractivity contribution in [3.63, 3.8) is 0 Å². The lowest BCUT2D eigenvalue weighted by molar-refractivity contribution is -0.117. The number of carbonyl (C=O) groups excluding carboxylic acids is 1. The maximum atomic E-state index is 12.2. The monoisotopic (exact) mass is 411 g/mol. The van der Waals surface area contributed by atoms with Crippen molar-refractivity contribution in [1.82, 2.24) is 30.1 Å². The van der Waals surface area contributed by atoms with Crippen LogP contribution in [0.3, 0.4) is 0 Å². The van der Waals surface area contributed by atoms with Gasteiger partial charge in [-0.15, -0.1) is 0 Å². The molecule has 0 unspecified atom stereocenters. The van der Waals surface area contributed by atoms with Crippen molar-refractivity contribution in [1.29, 1.82) is 0 Å². The Labute approximate surface area is 176 Å². The second kappa shape index (κ2) is 6.69. The van der Waals surface area contributed by atoms with E-state index < -0.39 is 0 Å². The van der Waals surface area contributed by atoms with E-state index in [1.807, 2.05) is 31.2 Å². The fraction of sp³-hybridized carbons (Fsp3) is 0.182. The van der Waals surface area contributed by atoms with Crippen molar-refractivity contribution < 1.29 is 9.21 Å². The molecule has 1 aromatic carbocycles. The first-order valence-electron chi connectivity index (χ1n) is 9.98. The highest BCUT2D eigenvalue weighted by Gasteiger charge is 2.30. The molecule has 0 aliphatic heterocycles. The van der Waals surface area contributed by atoms with Gasteiger partial charge in [0.1, 0.15) is 17.7 Å². The zero-order chi connectivity index (χ0) is 20.9. The number of aromatic nitrogens is 6. The molecule has 0 spiro atoms. The molecule has 1 fully saturated rings. The summed E-state index contributed by atoms with van der Waals surface area (Å²) < 4.78 is 6.04. The van der Waals surface area contributed by atoms with Crippen molar-refractivity contribution in [3.05, 3.63) is 48.7 Å². The Morgan fingerprint density at radius 2 is 2.03 bits per heavy atom. The number of benzene rings is 1. The summed E-state index contributed by atoms with van der Waals surface area (Å²) in [6.07, 6.45) is 6.81. The number of oxazole rings is 1. The molecule has 31 heavy (non-hydrogen) atoms. The number of aromatic amines is 1. The number of carbonyl (C=O) groups is 1. The van der Waals surface area contributed by atoms with Crippen LogP contribution in [0.25, 0.3) is 44.7 Å². The molecule has 1 aliphatic carbocycles. The predicted molar refractivity (Wildman–Crippen MR) is 114 cm³/mol. The van der Waals surface area contributed by atoms with E-state index in [0.717, 1.165) is 40.4 Å². The zero-order valence-electron chi connectivity index (χ0n) is 16.6. The number of nitrogens with zero attached hydrogens (tertiary/aromatic N) is 5. The van der Waals surface area contributed by atoms with Gasteiger partial charge in [-0.3, -0.25) is 14.9 Å². The topological polar surface area (TPSA) is 122 Å². The summed E-state index contributed by atoms with van der Waals surface area (Å²) in [5, 5.41) is 11.4. The van der Waals surface area contributed by atoms with Crippen LogP contribution in [0.4, 0.5) is 5.82 Å². The number of amides is 1. The summed E-state index contributed by atoms with van der Waals surface area (Å²) >= 11 is 0. The van der Waals surface area contributed by atoms with Crippen LogP contribution in [0.2, 0.25) is 0 Å². The van der Waals surface area contributed by atoms with E-state index in [0.29, 0.717) is 28.6 Å². The number of H-pyrrole nitrogens is 1. The van der Waals surface area contributed by atoms with Crippen LogP contribution < -0.4 is 5.32 Å². The molecule has 1 aliphatic rings. The summed E-state index contributed by atoms with van der Waals surface area (Å²) in [6.45, 7) is 1.92. The van der Waals surface area contributed by atoms with E-state index in [1.54, 1.807) is 12.4 Å². The van der Waals surface area contributed by atoms with Gasteiger partial charge in [0.25, 0.3) is 0 Å². The lowest BCUT2D eigenvalue weighted by Gasteiger charge is -2.08. The second-order valence-electron chi connectivity index (χ2n) is 7.67. The quantitative estimate of drug-likeness (QED) is 0.460. The number of hydrogen-bond donors (Lipinski definition) is 2. The molecule has 1 saturated carbocycles. The van der Waals surface area contributed by atoms with Gasteiger partial charge in [-0.2, -0.15) is 5.10 Å². The van der Waals surface area contributed by atoms with Crippen LogP contribution in [-0.4, -0.2) is 36.0 Å². The maximum Gasteiger partial charge on any atom is 0.229 e. The number of rotatable bonds is 4. The second-order valence-corrected chi connectivity index (χ2v) is 7.67. The van der Waals surface area contributed by atoms with Gasteiger partial charge in [0, 0.05) is 40.3 Å². The van der Waals surface area contributed by atoms with Gasteiger partial charge < -0.3 is 9.73 Å². The summed E-state index contributed by atoms with van der Waals surface area (Å²) in [5.74, 6) is 1.75. The van der Waals surface area contributed by atoms with Crippen molar-refractivity contribution >= 4 is 33.6 Å². The van der Waals surface area contributed by atoms with Crippen molar-refractivity contribution in [2.45, 2.75) is 19.8 Å². The highest BCUT2D eigenvalue weighted by atomic mass is 16.3. The summed E-state index contributed by atoms with van der Waals surface area (Å²) in [5.41, 5.74) is 3.81. The molecular weight excluding hydrogens is 394 g/mol. The van der Waals surface area contributed by atoms with E-state index in [1.165, 1.54) is 6.33 Å². The molecule has 4 aromatic heterocycles. The van der Waals surface area contributed by atoms with Gasteiger partial charge in [-0.25, -0.2) is 15.0 Å². The number of hydrogen-bond acceptors (Lipinski definition) is 7. The standard InChI is InChI=1S/C22H17N7O2/c1-11-15-8-24-19(28-21(30)12-2-3-12)7-14(15)16(9-23-11)22-27-17-6-13(4-5-18(17)31-22)20-25-10-26-29-20/h4-10,12H,2-3H2,1H3,(H,24,28,30)(H,25,26,29). The van der Waals surface area contributed by atoms with E-state index in [4.69, 9.17) is 4.42 Å². The molecule has 2 N–H and O–H groups in total. The Kier molecular flexibility index (Phi) is 3.82. The number of pyridine rings is 2.